The van der Waals surface area contributed by atoms with Crippen molar-refractivity contribution in [3.8, 4) is 28.7 Å². The Balaban J connectivity index is 1.40. The number of rotatable bonds is 4. The first-order valence-corrected chi connectivity index (χ1v) is 9.41. The van der Waals surface area contributed by atoms with E-state index >= 15 is 0 Å². The minimum Gasteiger partial charge on any atom is -0.494 e. The van der Waals surface area contributed by atoms with Crippen molar-refractivity contribution in [2.24, 2.45) is 0 Å². The number of halogens is 1. The molecular weight excluding hydrogens is 389 g/mol. The summed E-state index contributed by atoms with van der Waals surface area (Å²) in [5, 5.41) is 12.4. The Bertz CT molecular complexity index is 1200. The second-order valence-corrected chi connectivity index (χ2v) is 7.05. The number of nitrogens with zero attached hydrogens (tertiary/aromatic N) is 5. The highest BCUT2D eigenvalue weighted by atomic mass is 19.1. The molecule has 2 aromatic heterocycles. The lowest BCUT2D eigenvalue weighted by Gasteiger charge is -2.24. The molecule has 3 heterocycles. The van der Waals surface area contributed by atoms with Gasteiger partial charge in [-0.15, -0.1) is 5.10 Å². The molecule has 9 heteroatoms. The van der Waals surface area contributed by atoms with E-state index in [4.69, 9.17) is 14.0 Å². The summed E-state index contributed by atoms with van der Waals surface area (Å²) in [6.07, 6.45) is -0.101. The molecule has 0 aliphatic carbocycles. The van der Waals surface area contributed by atoms with E-state index in [1.54, 1.807) is 10.7 Å². The van der Waals surface area contributed by atoms with E-state index < -0.39 is 5.82 Å². The maximum Gasteiger partial charge on any atom is 0.258 e. The summed E-state index contributed by atoms with van der Waals surface area (Å²) in [5.41, 5.74) is 3.99. The summed E-state index contributed by atoms with van der Waals surface area (Å²) in [6, 6.07) is 12.7. The van der Waals surface area contributed by atoms with E-state index in [1.807, 2.05) is 6.92 Å². The summed E-state index contributed by atoms with van der Waals surface area (Å²) >= 11 is 0. The van der Waals surface area contributed by atoms with E-state index in [9.17, 15) is 4.39 Å². The molecule has 8 nitrogen and oxygen atoms in total. The van der Waals surface area contributed by atoms with Crippen LogP contribution in [0.2, 0.25) is 0 Å². The van der Waals surface area contributed by atoms with Gasteiger partial charge in [-0.25, -0.2) is 9.07 Å². The van der Waals surface area contributed by atoms with Crippen LogP contribution >= 0.6 is 0 Å². The molecule has 5 rings (SSSR count). The number of aromatic nitrogens is 5. The molecule has 0 N–H and O–H groups in total. The summed E-state index contributed by atoms with van der Waals surface area (Å²) in [6.45, 7) is 2.91. The van der Waals surface area contributed by atoms with Gasteiger partial charge < -0.3 is 14.0 Å². The first-order chi connectivity index (χ1) is 14.6. The van der Waals surface area contributed by atoms with Crippen LogP contribution in [-0.2, 0) is 17.9 Å². The van der Waals surface area contributed by atoms with Crippen LogP contribution in [0.4, 0.5) is 4.39 Å². The van der Waals surface area contributed by atoms with Crippen molar-refractivity contribution < 1.29 is 18.4 Å². The topological polar surface area (TPSA) is 88.1 Å². The second-order valence-electron chi connectivity index (χ2n) is 7.05. The van der Waals surface area contributed by atoms with Crippen molar-refractivity contribution in [3.63, 3.8) is 0 Å². The Morgan fingerprint density at radius 3 is 2.77 bits per heavy atom. The fraction of sp³-hybridized carbons (Fsp3) is 0.238. The third-order valence-corrected chi connectivity index (χ3v) is 5.08. The normalized spacial score (nSPS) is 15.8. The number of hydrogen-bond donors (Lipinski definition) is 0. The van der Waals surface area contributed by atoms with Gasteiger partial charge in [0.25, 0.3) is 5.89 Å². The number of hydrogen-bond acceptors (Lipinski definition) is 7. The molecule has 0 unspecified atom stereocenters. The summed E-state index contributed by atoms with van der Waals surface area (Å²) < 4.78 is 32.1. The highest BCUT2D eigenvalue weighted by molar-refractivity contribution is 5.59. The average Bonchev–Trinajstić information content (AvgIpc) is 3.41. The third kappa shape index (κ3) is 3.22. The van der Waals surface area contributed by atoms with Crippen LogP contribution in [0, 0.1) is 12.7 Å². The van der Waals surface area contributed by atoms with E-state index in [2.05, 4.69) is 44.7 Å². The maximum atomic E-state index is 14.0. The molecule has 0 radical (unpaired) electrons. The van der Waals surface area contributed by atoms with Gasteiger partial charge in [0, 0.05) is 5.56 Å². The average molecular weight is 407 g/mol. The molecule has 1 aliphatic rings. The van der Waals surface area contributed by atoms with Gasteiger partial charge in [-0.2, -0.15) is 4.98 Å². The van der Waals surface area contributed by atoms with Gasteiger partial charge in [0.05, 0.1) is 26.0 Å². The van der Waals surface area contributed by atoms with E-state index in [0.29, 0.717) is 24.4 Å². The predicted octanol–water partition coefficient (Wildman–Crippen LogP) is 3.72. The van der Waals surface area contributed by atoms with Crippen LogP contribution in [0.5, 0.6) is 5.75 Å². The number of aryl methyl sites for hydroxylation is 1. The number of fused-ring (bicyclic) bond motifs is 1. The third-order valence-electron chi connectivity index (χ3n) is 5.08. The van der Waals surface area contributed by atoms with Crippen molar-refractivity contribution in [2.45, 2.75) is 26.2 Å². The van der Waals surface area contributed by atoms with E-state index in [-0.39, 0.29) is 23.6 Å². The van der Waals surface area contributed by atoms with Gasteiger partial charge in [-0.1, -0.05) is 40.2 Å². The number of benzene rings is 2. The largest absolute Gasteiger partial charge is 0.494 e. The molecule has 0 amide bonds. The molecule has 1 aliphatic heterocycles. The molecule has 0 spiro atoms. The summed E-state index contributed by atoms with van der Waals surface area (Å²) in [5.74, 6) is 0.0971. The highest BCUT2D eigenvalue weighted by Gasteiger charge is 2.27. The van der Waals surface area contributed by atoms with Crippen molar-refractivity contribution in [3.05, 3.63) is 65.1 Å². The Morgan fingerprint density at radius 2 is 2.00 bits per heavy atom. The Morgan fingerprint density at radius 1 is 1.17 bits per heavy atom. The Kier molecular flexibility index (Phi) is 4.51. The maximum absolute atomic E-state index is 14.0. The standard InChI is InChI=1S/C21H18FN5O3/c1-12-3-5-13(6-4-12)18-10-27-16(11-29-18)19(24-26-27)20-23-21(30-25-20)14-7-8-17(28-2)15(22)9-14/h3-9,18H,10-11H2,1-2H3/t18-/m1/s1. The molecule has 30 heavy (non-hydrogen) atoms. The van der Waals surface area contributed by atoms with Crippen molar-refractivity contribution in [2.75, 3.05) is 7.11 Å². The highest BCUT2D eigenvalue weighted by Crippen LogP contribution is 2.31. The SMILES string of the molecule is COc1ccc(-c2nc(-c3nnn4c3CO[C@@H](c3ccc(C)cc3)C4)no2)cc1F. The van der Waals surface area contributed by atoms with Crippen molar-refractivity contribution in [1.82, 2.24) is 25.1 Å². The fourth-order valence-corrected chi connectivity index (χ4v) is 3.40. The lowest BCUT2D eigenvalue weighted by Crippen LogP contribution is -2.22. The van der Waals surface area contributed by atoms with Gasteiger partial charge in [0.1, 0.15) is 6.10 Å². The summed E-state index contributed by atoms with van der Waals surface area (Å²) in [7, 11) is 1.41. The van der Waals surface area contributed by atoms with Crippen LogP contribution in [0.3, 0.4) is 0 Å². The summed E-state index contributed by atoms with van der Waals surface area (Å²) in [4.78, 5) is 4.36. The van der Waals surface area contributed by atoms with E-state index in [1.165, 1.54) is 24.8 Å². The van der Waals surface area contributed by atoms with Gasteiger partial charge in [0.15, 0.2) is 17.3 Å². The smallest absolute Gasteiger partial charge is 0.258 e. The first-order valence-electron chi connectivity index (χ1n) is 9.41. The molecule has 0 saturated carbocycles. The molecule has 0 saturated heterocycles. The monoisotopic (exact) mass is 407 g/mol. The molecule has 4 aromatic rings. The second kappa shape index (κ2) is 7.34. The van der Waals surface area contributed by atoms with Gasteiger partial charge in [-0.05, 0) is 30.7 Å². The van der Waals surface area contributed by atoms with E-state index in [0.717, 1.165) is 11.3 Å². The lowest BCUT2D eigenvalue weighted by molar-refractivity contribution is -0.00112. The quantitative estimate of drug-likeness (QED) is 0.509. The van der Waals surface area contributed by atoms with Crippen LogP contribution in [-0.4, -0.2) is 32.2 Å². The number of methoxy groups -OCH3 is 1. The first kappa shape index (κ1) is 18.4. The lowest BCUT2D eigenvalue weighted by atomic mass is 10.1. The van der Waals surface area contributed by atoms with Gasteiger partial charge >= 0.3 is 0 Å². The van der Waals surface area contributed by atoms with Crippen molar-refractivity contribution in [1.29, 1.82) is 0 Å². The predicted molar refractivity (Wildman–Crippen MR) is 104 cm³/mol. The number of ether oxygens (including phenoxy) is 2. The Labute approximate surface area is 171 Å². The zero-order valence-electron chi connectivity index (χ0n) is 16.4. The van der Waals surface area contributed by atoms with Gasteiger partial charge in [-0.3, -0.25) is 0 Å². The molecular formula is C21H18FN5O3. The minimum atomic E-state index is -0.508. The minimum absolute atomic E-state index is 0.101. The van der Waals surface area contributed by atoms with Crippen LogP contribution in [0.1, 0.15) is 22.9 Å². The fourth-order valence-electron chi connectivity index (χ4n) is 3.40. The van der Waals surface area contributed by atoms with Gasteiger partial charge in [0.2, 0.25) is 5.82 Å². The zero-order chi connectivity index (χ0) is 20.7. The van der Waals surface area contributed by atoms with Crippen LogP contribution in [0.25, 0.3) is 23.0 Å². The molecule has 0 bridgehead atoms. The molecule has 1 atom stereocenters. The molecule has 0 fully saturated rings. The molecule has 152 valence electrons. The Hall–Kier alpha value is -3.59. The van der Waals surface area contributed by atoms with Crippen LogP contribution < -0.4 is 4.74 Å². The zero-order valence-corrected chi connectivity index (χ0v) is 16.4. The van der Waals surface area contributed by atoms with Crippen molar-refractivity contribution >= 4 is 0 Å². The van der Waals surface area contributed by atoms with Crippen LogP contribution in [0.15, 0.2) is 47.0 Å². The molecule has 2 aromatic carbocycles.